The van der Waals surface area contributed by atoms with Crippen LogP contribution in [0, 0.1) is 6.92 Å². The Morgan fingerprint density at radius 1 is 1.27 bits per heavy atom. The van der Waals surface area contributed by atoms with E-state index in [4.69, 9.17) is 4.42 Å². The molecule has 26 heavy (non-hydrogen) atoms. The lowest BCUT2D eigenvalue weighted by atomic mass is 10.0. The molecule has 1 aromatic carbocycles. The van der Waals surface area contributed by atoms with Crippen LogP contribution in [0.4, 0.5) is 0 Å². The SMILES string of the molecule is CNC(=O)c1c(-c2ccc(C)cc2)oc2c1=CC(I)C(NS(C)(=O)=O)N=2. The van der Waals surface area contributed by atoms with Crippen LogP contribution >= 0.6 is 22.6 Å². The highest BCUT2D eigenvalue weighted by Crippen LogP contribution is 2.23. The molecule has 2 atom stereocenters. The van der Waals surface area contributed by atoms with Gasteiger partial charge in [-0.1, -0.05) is 58.5 Å². The Morgan fingerprint density at radius 3 is 2.50 bits per heavy atom. The van der Waals surface area contributed by atoms with Crippen molar-refractivity contribution in [1.82, 2.24) is 10.0 Å². The Bertz CT molecular complexity index is 1070. The van der Waals surface area contributed by atoms with E-state index in [0.29, 0.717) is 16.5 Å². The van der Waals surface area contributed by atoms with Crippen LogP contribution in [0.25, 0.3) is 17.4 Å². The maximum Gasteiger partial charge on any atom is 0.255 e. The summed E-state index contributed by atoms with van der Waals surface area (Å²) in [5.41, 5.74) is 2.49. The molecule has 0 bridgehead atoms. The van der Waals surface area contributed by atoms with Crippen LogP contribution < -0.4 is 20.8 Å². The lowest BCUT2D eigenvalue weighted by molar-refractivity contribution is 0.0962. The van der Waals surface area contributed by atoms with Gasteiger partial charge in [0.15, 0.2) is 0 Å². The molecule has 0 fully saturated rings. The summed E-state index contributed by atoms with van der Waals surface area (Å²) in [4.78, 5) is 16.9. The van der Waals surface area contributed by atoms with E-state index in [1.807, 2.05) is 31.2 Å². The quantitative estimate of drug-likeness (QED) is 0.490. The Labute approximate surface area is 164 Å². The number of nitrogens with zero attached hydrogens (tertiary/aromatic N) is 1. The number of alkyl halides is 1. The van der Waals surface area contributed by atoms with Gasteiger partial charge in [0.25, 0.3) is 5.91 Å². The van der Waals surface area contributed by atoms with Crippen molar-refractivity contribution in [1.29, 1.82) is 0 Å². The summed E-state index contributed by atoms with van der Waals surface area (Å²) in [5, 5.41) is 3.20. The van der Waals surface area contributed by atoms with Crippen LogP contribution in [0.5, 0.6) is 0 Å². The van der Waals surface area contributed by atoms with E-state index < -0.39 is 16.2 Å². The maximum atomic E-state index is 12.5. The number of carbonyl (C=O) groups excluding carboxylic acids is 1. The van der Waals surface area contributed by atoms with Crippen LogP contribution in [0.15, 0.2) is 33.7 Å². The van der Waals surface area contributed by atoms with E-state index in [-0.39, 0.29) is 15.4 Å². The molecular formula is C17H18IN3O4S. The topological polar surface area (TPSA) is 101 Å². The fourth-order valence-electron chi connectivity index (χ4n) is 2.70. The van der Waals surface area contributed by atoms with Crippen molar-refractivity contribution in [3.05, 3.63) is 46.2 Å². The van der Waals surface area contributed by atoms with Crippen molar-refractivity contribution in [3.8, 4) is 11.3 Å². The number of hydrogen-bond donors (Lipinski definition) is 2. The lowest BCUT2D eigenvalue weighted by Crippen LogP contribution is -2.45. The third-order valence-corrected chi connectivity index (χ3v) is 5.62. The first-order valence-electron chi connectivity index (χ1n) is 7.82. The highest BCUT2D eigenvalue weighted by molar-refractivity contribution is 14.1. The number of amides is 1. The van der Waals surface area contributed by atoms with E-state index in [1.54, 1.807) is 13.1 Å². The number of hydrogen-bond acceptors (Lipinski definition) is 5. The van der Waals surface area contributed by atoms with Crippen molar-refractivity contribution in [2.24, 2.45) is 4.99 Å². The Hall–Kier alpha value is -1.72. The van der Waals surface area contributed by atoms with Gasteiger partial charge < -0.3 is 9.73 Å². The molecule has 0 saturated heterocycles. The van der Waals surface area contributed by atoms with Gasteiger partial charge in [0.05, 0.1) is 21.0 Å². The van der Waals surface area contributed by atoms with Crippen LogP contribution in [-0.2, 0) is 10.0 Å². The van der Waals surface area contributed by atoms with Crippen molar-refractivity contribution >= 4 is 44.6 Å². The zero-order valence-corrected chi connectivity index (χ0v) is 17.4. The number of furan rings is 1. The van der Waals surface area contributed by atoms with Gasteiger partial charge in [0, 0.05) is 12.6 Å². The number of aryl methyl sites for hydroxylation is 1. The van der Waals surface area contributed by atoms with Gasteiger partial charge in [-0.15, -0.1) is 0 Å². The minimum atomic E-state index is -3.43. The molecule has 1 aromatic heterocycles. The van der Waals surface area contributed by atoms with Gasteiger partial charge >= 0.3 is 0 Å². The summed E-state index contributed by atoms with van der Waals surface area (Å²) >= 11 is 2.09. The van der Waals surface area contributed by atoms with Crippen LogP contribution in [0.1, 0.15) is 15.9 Å². The first kappa shape index (κ1) is 19.1. The van der Waals surface area contributed by atoms with E-state index in [9.17, 15) is 13.2 Å². The molecule has 3 rings (SSSR count). The van der Waals surface area contributed by atoms with Crippen LogP contribution in [0.2, 0.25) is 0 Å². The molecule has 0 spiro atoms. The minimum Gasteiger partial charge on any atom is -0.437 e. The second-order valence-electron chi connectivity index (χ2n) is 6.05. The second-order valence-corrected chi connectivity index (χ2v) is 9.26. The number of sulfonamides is 1. The molecule has 138 valence electrons. The van der Waals surface area contributed by atoms with Gasteiger partial charge in [-0.05, 0) is 6.92 Å². The largest absolute Gasteiger partial charge is 0.437 e. The molecule has 1 aliphatic rings. The minimum absolute atomic E-state index is 0.244. The first-order chi connectivity index (χ1) is 12.2. The molecular weight excluding hydrogens is 469 g/mol. The number of benzene rings is 1. The van der Waals surface area contributed by atoms with Gasteiger partial charge in [0.2, 0.25) is 15.6 Å². The molecule has 0 radical (unpaired) electrons. The van der Waals surface area contributed by atoms with Crippen molar-refractivity contribution in [2.45, 2.75) is 17.0 Å². The standard InChI is InChI=1S/C17H18IN3O4S/c1-9-4-6-10(7-5-9)14-13(16(22)19-2)11-8-12(18)15(20-17(11)25-14)21-26(3,23)24/h4-8,12,15,21H,1-3H3,(H,19,22). The van der Waals surface area contributed by atoms with Crippen LogP contribution in [0.3, 0.4) is 0 Å². The number of rotatable bonds is 4. The Balaban J connectivity index is 2.22. The fraction of sp³-hybridized carbons (Fsp3) is 0.294. The maximum absolute atomic E-state index is 12.5. The van der Waals surface area contributed by atoms with Crippen molar-refractivity contribution in [3.63, 3.8) is 0 Å². The molecule has 0 aliphatic carbocycles. The highest BCUT2D eigenvalue weighted by Gasteiger charge is 2.28. The second kappa shape index (κ2) is 7.12. The zero-order chi connectivity index (χ0) is 19.1. The molecule has 2 aromatic rings. The third-order valence-electron chi connectivity index (χ3n) is 3.91. The Morgan fingerprint density at radius 2 is 1.92 bits per heavy atom. The van der Waals surface area contributed by atoms with Crippen LogP contribution in [-0.4, -0.2) is 37.7 Å². The van der Waals surface area contributed by atoms with Crippen molar-refractivity contribution in [2.75, 3.05) is 13.3 Å². The predicted molar refractivity (Wildman–Crippen MR) is 107 cm³/mol. The number of nitrogens with one attached hydrogen (secondary N) is 2. The Kier molecular flexibility index (Phi) is 5.22. The van der Waals surface area contributed by atoms with E-state index in [1.165, 1.54) is 0 Å². The smallest absolute Gasteiger partial charge is 0.255 e. The molecule has 9 heteroatoms. The molecule has 2 N–H and O–H groups in total. The summed E-state index contributed by atoms with van der Waals surface area (Å²) in [6.07, 6.45) is 2.20. The fourth-order valence-corrected chi connectivity index (χ4v) is 4.28. The summed E-state index contributed by atoms with van der Waals surface area (Å²) in [6, 6.07) is 7.61. The average Bonchev–Trinajstić information content (AvgIpc) is 2.92. The predicted octanol–water partition coefficient (Wildman–Crippen LogP) is 0.707. The summed E-state index contributed by atoms with van der Waals surface area (Å²) < 4.78 is 31.2. The van der Waals surface area contributed by atoms with E-state index in [2.05, 4.69) is 37.6 Å². The molecule has 1 amide bonds. The van der Waals surface area contributed by atoms with Gasteiger partial charge in [-0.25, -0.2) is 13.4 Å². The lowest BCUT2D eigenvalue weighted by Gasteiger charge is -2.17. The molecule has 7 nitrogen and oxygen atoms in total. The van der Waals surface area contributed by atoms with Gasteiger partial charge in [-0.3, -0.25) is 4.79 Å². The molecule has 1 aliphatic heterocycles. The number of carbonyl (C=O) groups is 1. The monoisotopic (exact) mass is 487 g/mol. The average molecular weight is 487 g/mol. The molecule has 2 heterocycles. The first-order valence-corrected chi connectivity index (χ1v) is 11.0. The van der Waals surface area contributed by atoms with Gasteiger partial charge in [0.1, 0.15) is 11.9 Å². The molecule has 0 saturated carbocycles. The summed E-state index contributed by atoms with van der Waals surface area (Å²) in [5.74, 6) is 0.133. The number of fused-ring (bicyclic) bond motifs is 1. The molecule has 2 unspecified atom stereocenters. The van der Waals surface area contributed by atoms with Crippen molar-refractivity contribution < 1.29 is 17.6 Å². The summed E-state index contributed by atoms with van der Waals surface area (Å²) in [7, 11) is -1.88. The van der Waals surface area contributed by atoms with E-state index in [0.717, 1.165) is 17.4 Å². The highest BCUT2D eigenvalue weighted by atomic mass is 127. The zero-order valence-electron chi connectivity index (χ0n) is 14.4. The number of halogens is 1. The van der Waals surface area contributed by atoms with Gasteiger partial charge in [-0.2, -0.15) is 4.72 Å². The third kappa shape index (κ3) is 3.84. The normalized spacial score (nSPS) is 19.2. The summed E-state index contributed by atoms with van der Waals surface area (Å²) in [6.45, 7) is 1.97. The van der Waals surface area contributed by atoms with E-state index >= 15 is 0 Å².